The Bertz CT molecular complexity index is 1280. The lowest BCUT2D eigenvalue weighted by atomic mass is 9.89. The minimum atomic E-state index is -1.18. The van der Waals surface area contributed by atoms with E-state index in [-0.39, 0.29) is 36.3 Å². The zero-order valence-corrected chi connectivity index (χ0v) is 21.3. The number of hydrogen-bond donors (Lipinski definition) is 12. The Hall–Kier alpha value is -5.73. The van der Waals surface area contributed by atoms with Crippen molar-refractivity contribution in [2.75, 3.05) is 19.6 Å². The van der Waals surface area contributed by atoms with Crippen molar-refractivity contribution < 1.29 is 60.3 Å². The van der Waals surface area contributed by atoms with Gasteiger partial charge < -0.3 is 61.9 Å². The first-order valence-electron chi connectivity index (χ1n) is 11.7. The highest BCUT2D eigenvalue weighted by atomic mass is 16.3. The summed E-state index contributed by atoms with van der Waals surface area (Å²) in [7, 11) is 0. The molecule has 0 spiro atoms. The summed E-state index contributed by atoms with van der Waals surface area (Å²) in [5, 5.41) is 94.2. The lowest BCUT2D eigenvalue weighted by Gasteiger charge is -2.30. The van der Waals surface area contributed by atoms with Crippen LogP contribution in [-0.4, -0.2) is 83.3 Å². The van der Waals surface area contributed by atoms with E-state index in [1.807, 2.05) is 0 Å². The van der Waals surface area contributed by atoms with Crippen molar-refractivity contribution in [1.29, 1.82) is 0 Å². The van der Waals surface area contributed by atoms with Crippen molar-refractivity contribution in [2.24, 2.45) is 5.41 Å². The topological polar surface area (TPSA) is 269 Å². The molecule has 3 rings (SSSR count). The maximum atomic E-state index is 12.7. The summed E-state index contributed by atoms with van der Waals surface area (Å²) in [5.41, 5.74) is -1.85. The summed E-state index contributed by atoms with van der Waals surface area (Å²) in [5.74, 6) is -9.40. The van der Waals surface area contributed by atoms with E-state index >= 15 is 0 Å². The Morgan fingerprint density at radius 2 is 0.683 bits per heavy atom. The molecule has 0 aliphatic heterocycles. The van der Waals surface area contributed by atoms with Gasteiger partial charge in [-0.15, -0.1) is 0 Å². The number of phenols is 9. The molecule has 218 valence electrons. The normalized spacial score (nSPS) is 11.0. The van der Waals surface area contributed by atoms with Gasteiger partial charge in [-0.1, -0.05) is 6.92 Å². The van der Waals surface area contributed by atoms with Gasteiger partial charge in [-0.05, 0) is 36.4 Å². The number of phenolic OH excluding ortho intramolecular Hbond substituents is 9. The number of benzene rings is 3. The second kappa shape index (κ2) is 11.6. The molecule has 0 unspecified atom stereocenters. The number of rotatable bonds is 9. The highest BCUT2D eigenvalue weighted by Crippen LogP contribution is 2.37. The quantitative estimate of drug-likeness (QED) is 0.157. The Labute approximate surface area is 231 Å². The molecule has 0 saturated carbocycles. The third kappa shape index (κ3) is 6.83. The average Bonchev–Trinajstić information content (AvgIpc) is 2.92. The van der Waals surface area contributed by atoms with Gasteiger partial charge in [-0.2, -0.15) is 0 Å². The van der Waals surface area contributed by atoms with Gasteiger partial charge in [0, 0.05) is 41.7 Å². The highest BCUT2D eigenvalue weighted by Gasteiger charge is 2.28. The van der Waals surface area contributed by atoms with E-state index in [0.29, 0.717) is 0 Å². The molecule has 0 radical (unpaired) electrons. The predicted octanol–water partition coefficient (Wildman–Crippen LogP) is 0.633. The Morgan fingerprint density at radius 3 is 0.878 bits per heavy atom. The molecule has 0 saturated heterocycles. The fourth-order valence-corrected chi connectivity index (χ4v) is 3.58. The minimum absolute atomic E-state index is 0.224. The number of aromatic hydroxyl groups is 9. The molecule has 15 nitrogen and oxygen atoms in total. The monoisotopic (exact) mass is 573 g/mol. The van der Waals surface area contributed by atoms with Crippen molar-refractivity contribution in [3.05, 3.63) is 53.1 Å². The molecule has 3 amide bonds. The number of carbonyl (C=O) groups excluding carboxylic acids is 3. The van der Waals surface area contributed by atoms with Crippen LogP contribution in [0.25, 0.3) is 0 Å². The smallest absolute Gasteiger partial charge is 0.251 e. The first-order chi connectivity index (χ1) is 19.1. The van der Waals surface area contributed by atoms with Gasteiger partial charge in [0.15, 0.2) is 51.7 Å². The number of carbonyl (C=O) groups is 3. The van der Waals surface area contributed by atoms with Crippen molar-refractivity contribution in [3.8, 4) is 51.7 Å². The average molecular weight is 574 g/mol. The molecular formula is C26H27N3O12. The van der Waals surface area contributed by atoms with E-state index in [0.717, 1.165) is 36.4 Å². The van der Waals surface area contributed by atoms with Crippen molar-refractivity contribution in [1.82, 2.24) is 16.0 Å². The standard InChI is InChI=1S/C26H27N3O12/c1-26(8-27-23(39)11-2-14(30)20(36)15(31)3-11,9-28-24(40)12-4-16(32)21(37)17(33)5-12)10-29-25(41)13-6-18(34)22(38)19(35)7-13/h2-7,30-38H,8-10H2,1H3,(H,27,39)(H,28,40)(H,29,41). The van der Waals surface area contributed by atoms with Crippen LogP contribution in [-0.2, 0) is 0 Å². The molecule has 0 heterocycles. The van der Waals surface area contributed by atoms with Crippen LogP contribution >= 0.6 is 0 Å². The summed E-state index contributed by atoms with van der Waals surface area (Å²) in [6, 6.07) is 5.41. The molecule has 3 aromatic rings. The van der Waals surface area contributed by atoms with Gasteiger partial charge in [0.25, 0.3) is 17.7 Å². The number of nitrogens with one attached hydrogen (secondary N) is 3. The van der Waals surface area contributed by atoms with Crippen molar-refractivity contribution >= 4 is 17.7 Å². The van der Waals surface area contributed by atoms with E-state index in [2.05, 4.69) is 16.0 Å². The molecular weight excluding hydrogens is 546 g/mol. The third-order valence-corrected chi connectivity index (χ3v) is 6.02. The number of amides is 3. The van der Waals surface area contributed by atoms with Crippen LogP contribution in [0.4, 0.5) is 0 Å². The second-order valence-electron chi connectivity index (χ2n) is 9.45. The fraction of sp³-hybridized carbons (Fsp3) is 0.192. The molecule has 0 fully saturated rings. The highest BCUT2D eigenvalue weighted by molar-refractivity contribution is 5.97. The Balaban J connectivity index is 1.79. The summed E-state index contributed by atoms with van der Waals surface area (Å²) >= 11 is 0. The van der Waals surface area contributed by atoms with Gasteiger partial charge in [0.1, 0.15) is 0 Å². The van der Waals surface area contributed by atoms with E-state index in [1.165, 1.54) is 6.92 Å². The maximum Gasteiger partial charge on any atom is 0.251 e. The largest absolute Gasteiger partial charge is 0.504 e. The molecule has 0 aliphatic carbocycles. The molecule has 41 heavy (non-hydrogen) atoms. The Morgan fingerprint density at radius 1 is 0.488 bits per heavy atom. The number of hydrogen-bond acceptors (Lipinski definition) is 12. The Kier molecular flexibility index (Phi) is 8.41. The van der Waals surface area contributed by atoms with Crippen LogP contribution in [0.2, 0.25) is 0 Å². The second-order valence-corrected chi connectivity index (χ2v) is 9.45. The van der Waals surface area contributed by atoms with Gasteiger partial charge in [0.05, 0.1) is 0 Å². The van der Waals surface area contributed by atoms with E-state index in [1.54, 1.807) is 0 Å². The van der Waals surface area contributed by atoms with Crippen LogP contribution in [0.1, 0.15) is 38.0 Å². The SMILES string of the molecule is CC(CNC(=O)c1cc(O)c(O)c(O)c1)(CNC(=O)c1cc(O)c(O)c(O)c1)CNC(=O)c1cc(O)c(O)c(O)c1. The lowest BCUT2D eigenvalue weighted by Crippen LogP contribution is -2.50. The van der Waals surface area contributed by atoms with Gasteiger partial charge in [-0.3, -0.25) is 14.4 Å². The van der Waals surface area contributed by atoms with Crippen molar-refractivity contribution in [3.63, 3.8) is 0 Å². The fourth-order valence-electron chi connectivity index (χ4n) is 3.58. The first kappa shape index (κ1) is 29.8. The van der Waals surface area contributed by atoms with Crippen molar-refractivity contribution in [2.45, 2.75) is 6.92 Å². The van der Waals surface area contributed by atoms with Crippen LogP contribution in [0, 0.1) is 5.41 Å². The van der Waals surface area contributed by atoms with E-state index < -0.39 is 74.9 Å². The lowest BCUT2D eigenvalue weighted by molar-refractivity contribution is 0.0894. The molecule has 12 N–H and O–H groups in total. The summed E-state index contributed by atoms with van der Waals surface area (Å²) in [6.45, 7) is 0.810. The molecule has 0 aliphatic rings. The van der Waals surface area contributed by atoms with E-state index in [9.17, 15) is 60.3 Å². The zero-order valence-electron chi connectivity index (χ0n) is 21.3. The van der Waals surface area contributed by atoms with Crippen LogP contribution in [0.15, 0.2) is 36.4 Å². The van der Waals surface area contributed by atoms with Gasteiger partial charge >= 0.3 is 0 Å². The summed E-state index contributed by atoms with van der Waals surface area (Å²) < 4.78 is 0. The van der Waals surface area contributed by atoms with Gasteiger partial charge in [0.2, 0.25) is 0 Å². The molecule has 15 heteroatoms. The minimum Gasteiger partial charge on any atom is -0.504 e. The summed E-state index contributed by atoms with van der Waals surface area (Å²) in [4.78, 5) is 38.1. The predicted molar refractivity (Wildman–Crippen MR) is 139 cm³/mol. The maximum absolute atomic E-state index is 12.7. The zero-order chi connectivity index (χ0) is 30.6. The summed E-state index contributed by atoms with van der Waals surface area (Å²) in [6.07, 6.45) is 0. The third-order valence-electron chi connectivity index (χ3n) is 6.02. The van der Waals surface area contributed by atoms with Gasteiger partial charge in [-0.25, -0.2) is 0 Å². The molecule has 0 bridgehead atoms. The first-order valence-corrected chi connectivity index (χ1v) is 11.7. The van der Waals surface area contributed by atoms with Crippen LogP contribution < -0.4 is 16.0 Å². The molecule has 0 aromatic heterocycles. The molecule has 0 atom stereocenters. The van der Waals surface area contributed by atoms with E-state index in [4.69, 9.17) is 0 Å². The van der Waals surface area contributed by atoms with Crippen LogP contribution in [0.5, 0.6) is 51.7 Å². The van der Waals surface area contributed by atoms with Crippen LogP contribution in [0.3, 0.4) is 0 Å². The molecule has 3 aromatic carbocycles.